The van der Waals surface area contributed by atoms with E-state index in [1.807, 2.05) is 30.3 Å². The number of para-hydroxylation sites is 1. The Kier molecular flexibility index (Phi) is 5.73. The standard InChI is InChI=1S/C19H22IN3O/c1-22-10-12-23(13-11-22)18-9-5-2-6-15(18)14-21-19(24)16-7-3-4-8-17(16)20/h2-9H,10-14H2,1H3,(H,21,24). The first-order valence-electron chi connectivity index (χ1n) is 8.19. The fourth-order valence-electron chi connectivity index (χ4n) is 2.93. The van der Waals surface area contributed by atoms with Crippen molar-refractivity contribution in [3.8, 4) is 0 Å². The van der Waals surface area contributed by atoms with E-state index in [9.17, 15) is 4.79 Å². The van der Waals surface area contributed by atoms with Crippen LogP contribution in [0.25, 0.3) is 0 Å². The first kappa shape index (κ1) is 17.2. The van der Waals surface area contributed by atoms with Crippen LogP contribution < -0.4 is 10.2 Å². The summed E-state index contributed by atoms with van der Waals surface area (Å²) >= 11 is 2.20. The van der Waals surface area contributed by atoms with E-state index in [1.54, 1.807) is 0 Å². The van der Waals surface area contributed by atoms with E-state index in [-0.39, 0.29) is 5.91 Å². The second-order valence-electron chi connectivity index (χ2n) is 6.08. The second kappa shape index (κ2) is 7.98. The molecule has 1 fully saturated rings. The van der Waals surface area contributed by atoms with Crippen LogP contribution in [0.2, 0.25) is 0 Å². The number of nitrogens with zero attached hydrogens (tertiary/aromatic N) is 2. The number of likely N-dealkylation sites (N-methyl/N-ethyl adjacent to an activating group) is 1. The van der Waals surface area contributed by atoms with Gasteiger partial charge in [0, 0.05) is 42.0 Å². The van der Waals surface area contributed by atoms with Crippen molar-refractivity contribution in [2.45, 2.75) is 6.54 Å². The fraction of sp³-hybridized carbons (Fsp3) is 0.316. The first-order valence-corrected chi connectivity index (χ1v) is 9.27. The van der Waals surface area contributed by atoms with Crippen LogP contribution in [-0.2, 0) is 6.54 Å². The Bertz CT molecular complexity index is 711. The molecular formula is C19H22IN3O. The summed E-state index contributed by atoms with van der Waals surface area (Å²) in [6.07, 6.45) is 0. The molecule has 5 heteroatoms. The van der Waals surface area contributed by atoms with Crippen LogP contribution in [0.1, 0.15) is 15.9 Å². The monoisotopic (exact) mass is 435 g/mol. The zero-order valence-corrected chi connectivity index (χ0v) is 16.0. The minimum absolute atomic E-state index is 0.0202. The van der Waals surface area contributed by atoms with E-state index in [2.05, 4.69) is 63.0 Å². The molecule has 1 N–H and O–H groups in total. The lowest BCUT2D eigenvalue weighted by Crippen LogP contribution is -2.45. The molecule has 0 bridgehead atoms. The Morgan fingerprint density at radius 2 is 1.71 bits per heavy atom. The lowest BCUT2D eigenvalue weighted by molar-refractivity contribution is 0.0950. The third-order valence-electron chi connectivity index (χ3n) is 4.39. The average Bonchev–Trinajstić information content (AvgIpc) is 2.61. The SMILES string of the molecule is CN1CCN(c2ccccc2CNC(=O)c2ccccc2I)CC1. The Balaban J connectivity index is 1.70. The Labute approximate surface area is 157 Å². The topological polar surface area (TPSA) is 35.6 Å². The Morgan fingerprint density at radius 1 is 1.04 bits per heavy atom. The molecule has 1 saturated heterocycles. The number of nitrogens with one attached hydrogen (secondary N) is 1. The first-order chi connectivity index (χ1) is 11.6. The third-order valence-corrected chi connectivity index (χ3v) is 5.33. The predicted molar refractivity (Wildman–Crippen MR) is 106 cm³/mol. The molecule has 2 aromatic rings. The van der Waals surface area contributed by atoms with Gasteiger partial charge in [-0.05, 0) is 53.4 Å². The van der Waals surface area contributed by atoms with E-state index in [1.165, 1.54) is 11.3 Å². The number of hydrogen-bond acceptors (Lipinski definition) is 3. The number of amides is 1. The van der Waals surface area contributed by atoms with Gasteiger partial charge in [0.25, 0.3) is 5.91 Å². The van der Waals surface area contributed by atoms with Crippen molar-refractivity contribution in [3.05, 3.63) is 63.2 Å². The molecule has 1 aliphatic heterocycles. The summed E-state index contributed by atoms with van der Waals surface area (Å²) in [6.45, 7) is 4.74. The van der Waals surface area contributed by atoms with Gasteiger partial charge < -0.3 is 15.1 Å². The molecule has 3 rings (SSSR count). The molecule has 0 aromatic heterocycles. The maximum atomic E-state index is 12.4. The van der Waals surface area contributed by atoms with Crippen LogP contribution in [0.3, 0.4) is 0 Å². The highest BCUT2D eigenvalue weighted by molar-refractivity contribution is 14.1. The molecule has 0 atom stereocenters. The molecule has 4 nitrogen and oxygen atoms in total. The van der Waals surface area contributed by atoms with Gasteiger partial charge in [0.1, 0.15) is 0 Å². The van der Waals surface area contributed by atoms with E-state index in [0.29, 0.717) is 6.54 Å². The number of benzene rings is 2. The number of halogens is 1. The van der Waals surface area contributed by atoms with Crippen LogP contribution >= 0.6 is 22.6 Å². The van der Waals surface area contributed by atoms with Crippen molar-refractivity contribution in [2.24, 2.45) is 0 Å². The van der Waals surface area contributed by atoms with Crippen molar-refractivity contribution in [2.75, 3.05) is 38.1 Å². The quantitative estimate of drug-likeness (QED) is 0.751. The second-order valence-corrected chi connectivity index (χ2v) is 7.24. The van der Waals surface area contributed by atoms with Gasteiger partial charge in [-0.3, -0.25) is 4.79 Å². The van der Waals surface area contributed by atoms with Gasteiger partial charge in [-0.2, -0.15) is 0 Å². The number of anilines is 1. The maximum Gasteiger partial charge on any atom is 0.252 e. The molecule has 0 aliphatic carbocycles. The fourth-order valence-corrected chi connectivity index (χ4v) is 3.56. The Hall–Kier alpha value is -1.60. The minimum Gasteiger partial charge on any atom is -0.369 e. The zero-order chi connectivity index (χ0) is 16.9. The number of hydrogen-bond donors (Lipinski definition) is 1. The van der Waals surface area contributed by atoms with Gasteiger partial charge in [-0.25, -0.2) is 0 Å². The Morgan fingerprint density at radius 3 is 2.46 bits per heavy atom. The zero-order valence-electron chi connectivity index (χ0n) is 13.8. The normalized spacial score (nSPS) is 15.3. The summed E-state index contributed by atoms with van der Waals surface area (Å²) in [6, 6.07) is 16.0. The van der Waals surface area contributed by atoms with E-state index in [4.69, 9.17) is 0 Å². The summed E-state index contributed by atoms with van der Waals surface area (Å²) < 4.78 is 0.972. The van der Waals surface area contributed by atoms with Gasteiger partial charge in [0.2, 0.25) is 0 Å². The van der Waals surface area contributed by atoms with Crippen LogP contribution in [0.15, 0.2) is 48.5 Å². The van der Waals surface area contributed by atoms with E-state index in [0.717, 1.165) is 35.3 Å². The van der Waals surface area contributed by atoms with Gasteiger partial charge in [-0.15, -0.1) is 0 Å². The number of piperazine rings is 1. The van der Waals surface area contributed by atoms with Crippen molar-refractivity contribution < 1.29 is 4.79 Å². The highest BCUT2D eigenvalue weighted by Gasteiger charge is 2.17. The highest BCUT2D eigenvalue weighted by atomic mass is 127. The van der Waals surface area contributed by atoms with Gasteiger partial charge >= 0.3 is 0 Å². The molecule has 126 valence electrons. The van der Waals surface area contributed by atoms with Crippen molar-refractivity contribution in [1.82, 2.24) is 10.2 Å². The highest BCUT2D eigenvalue weighted by Crippen LogP contribution is 2.22. The van der Waals surface area contributed by atoms with Gasteiger partial charge in [0.05, 0.1) is 5.56 Å². The van der Waals surface area contributed by atoms with Gasteiger partial charge in [-0.1, -0.05) is 30.3 Å². The van der Waals surface area contributed by atoms with Crippen molar-refractivity contribution >= 4 is 34.2 Å². The smallest absolute Gasteiger partial charge is 0.252 e. The lowest BCUT2D eigenvalue weighted by atomic mass is 10.1. The molecule has 0 unspecified atom stereocenters. The third kappa shape index (κ3) is 4.08. The van der Waals surface area contributed by atoms with Gasteiger partial charge in [0.15, 0.2) is 0 Å². The molecule has 0 radical (unpaired) electrons. The average molecular weight is 435 g/mol. The summed E-state index contributed by atoms with van der Waals surface area (Å²) in [7, 11) is 2.16. The number of rotatable bonds is 4. The minimum atomic E-state index is -0.0202. The molecular weight excluding hydrogens is 413 g/mol. The summed E-state index contributed by atoms with van der Waals surface area (Å²) in [5.41, 5.74) is 3.13. The molecule has 1 aliphatic rings. The number of carbonyl (C=O) groups is 1. The van der Waals surface area contributed by atoms with Crippen LogP contribution in [0.5, 0.6) is 0 Å². The molecule has 0 saturated carbocycles. The van der Waals surface area contributed by atoms with Crippen LogP contribution in [-0.4, -0.2) is 44.0 Å². The molecule has 1 heterocycles. The maximum absolute atomic E-state index is 12.4. The van der Waals surface area contributed by atoms with Crippen LogP contribution in [0, 0.1) is 3.57 Å². The largest absolute Gasteiger partial charge is 0.369 e. The van der Waals surface area contributed by atoms with Crippen LogP contribution in [0.4, 0.5) is 5.69 Å². The van der Waals surface area contributed by atoms with Crippen molar-refractivity contribution in [1.29, 1.82) is 0 Å². The molecule has 0 spiro atoms. The van der Waals surface area contributed by atoms with E-state index >= 15 is 0 Å². The number of carbonyl (C=O) groups excluding carboxylic acids is 1. The van der Waals surface area contributed by atoms with Crippen molar-refractivity contribution in [3.63, 3.8) is 0 Å². The molecule has 24 heavy (non-hydrogen) atoms. The summed E-state index contributed by atoms with van der Waals surface area (Å²) in [5, 5.41) is 3.06. The molecule has 2 aromatic carbocycles. The molecule has 1 amide bonds. The lowest BCUT2D eigenvalue weighted by Gasteiger charge is -2.35. The van der Waals surface area contributed by atoms with E-state index < -0.39 is 0 Å². The summed E-state index contributed by atoms with van der Waals surface area (Å²) in [4.78, 5) is 17.2. The summed E-state index contributed by atoms with van der Waals surface area (Å²) in [5.74, 6) is -0.0202. The predicted octanol–water partition coefficient (Wildman–Crippen LogP) is 2.97.